The molecule has 0 spiro atoms. The van der Waals surface area contributed by atoms with E-state index >= 15 is 4.39 Å². The maximum absolute atomic E-state index is 15.5. The molecule has 5 rings (SSSR count). The summed E-state index contributed by atoms with van der Waals surface area (Å²) in [5, 5.41) is 47.5. The van der Waals surface area contributed by atoms with Gasteiger partial charge in [0.15, 0.2) is 17.1 Å². The molecule has 220 valence electrons. The molecule has 12 nitrogen and oxygen atoms in total. The van der Waals surface area contributed by atoms with Crippen molar-refractivity contribution in [3.05, 3.63) is 39.9 Å². The highest BCUT2D eigenvalue weighted by molar-refractivity contribution is 6.24. The molecule has 0 bridgehead atoms. The molecule has 3 aliphatic carbocycles. The van der Waals surface area contributed by atoms with Crippen molar-refractivity contribution in [2.75, 3.05) is 33.0 Å². The van der Waals surface area contributed by atoms with E-state index in [1.165, 1.54) is 19.0 Å². The second-order valence-corrected chi connectivity index (χ2v) is 11.6. The molecule has 1 saturated heterocycles. The zero-order chi connectivity index (χ0) is 30.1. The predicted octanol–water partition coefficient (Wildman–Crippen LogP) is 0.526. The minimum Gasteiger partial charge on any atom is -0.508 e. The number of likely N-dealkylation sites (N-methyl/N-ethyl adjacent to an activating group) is 2. The molecule has 1 saturated carbocycles. The number of hydrogen-bond donors (Lipinski definition) is 6. The molecular weight excluding hydrogens is 539 g/mol. The van der Waals surface area contributed by atoms with Gasteiger partial charge >= 0.3 is 0 Å². The minimum absolute atomic E-state index is 0.110. The standard InChI is InChI=1S/C28H33FN4O8/c1-32(2)20-13-9-11-8-12-14(29)10-15(31-27(40)16-6-4-5-7-33(16)3)21(34)18(12)22(35)17(11)24(37)28(13,41)25(38)19(23(20)36)26(30)39/h10-11,13,16,20,34-35,38,41H,4-9H2,1-3H3,(H2,30,39)(H,31,40)/t11-,13-,16-,20-,28-/m0/s1. The number of aromatic hydroxyl groups is 1. The Hall–Kier alpha value is -3.81. The van der Waals surface area contributed by atoms with Gasteiger partial charge < -0.3 is 31.5 Å². The van der Waals surface area contributed by atoms with Gasteiger partial charge in [-0.1, -0.05) is 6.42 Å². The van der Waals surface area contributed by atoms with Crippen molar-refractivity contribution < 1.29 is 44.0 Å². The topological polar surface area (TPSA) is 194 Å². The molecule has 2 fully saturated rings. The quantitative estimate of drug-likeness (QED) is 0.219. The van der Waals surface area contributed by atoms with Gasteiger partial charge in [0.05, 0.1) is 23.3 Å². The molecule has 41 heavy (non-hydrogen) atoms. The third-order valence-corrected chi connectivity index (χ3v) is 9.00. The van der Waals surface area contributed by atoms with E-state index in [1.54, 1.807) is 7.05 Å². The van der Waals surface area contributed by atoms with Crippen molar-refractivity contribution in [1.29, 1.82) is 0 Å². The normalized spacial score (nSPS) is 30.2. The number of piperidine rings is 1. The highest BCUT2D eigenvalue weighted by atomic mass is 19.1. The van der Waals surface area contributed by atoms with E-state index in [1.807, 2.05) is 4.90 Å². The Labute approximate surface area is 234 Å². The van der Waals surface area contributed by atoms with Crippen LogP contribution in [0.1, 0.15) is 36.8 Å². The molecule has 2 amide bonds. The predicted molar refractivity (Wildman–Crippen MR) is 143 cm³/mol. The highest BCUT2D eigenvalue weighted by Crippen LogP contribution is 2.53. The summed E-state index contributed by atoms with van der Waals surface area (Å²) >= 11 is 0. The average molecular weight is 573 g/mol. The van der Waals surface area contributed by atoms with Gasteiger partial charge in [-0.25, -0.2) is 4.39 Å². The van der Waals surface area contributed by atoms with Crippen LogP contribution in [0.2, 0.25) is 0 Å². The summed E-state index contributed by atoms with van der Waals surface area (Å²) in [6.45, 7) is 0.696. The lowest BCUT2D eigenvalue weighted by molar-refractivity contribution is -0.153. The van der Waals surface area contributed by atoms with Crippen LogP contribution in [0.5, 0.6) is 5.75 Å². The number of ketones is 2. The van der Waals surface area contributed by atoms with Crippen LogP contribution in [-0.2, 0) is 25.6 Å². The zero-order valence-corrected chi connectivity index (χ0v) is 22.9. The lowest BCUT2D eigenvalue weighted by atomic mass is 9.57. The van der Waals surface area contributed by atoms with E-state index in [0.717, 1.165) is 18.9 Å². The number of benzene rings is 1. The van der Waals surface area contributed by atoms with Crippen LogP contribution in [0.4, 0.5) is 10.1 Å². The van der Waals surface area contributed by atoms with E-state index in [9.17, 15) is 39.6 Å². The fourth-order valence-electron chi connectivity index (χ4n) is 6.98. The number of anilines is 1. The first-order chi connectivity index (χ1) is 19.2. The molecule has 1 aliphatic heterocycles. The van der Waals surface area contributed by atoms with Gasteiger partial charge in [-0.3, -0.25) is 29.0 Å². The van der Waals surface area contributed by atoms with Gasteiger partial charge in [0.1, 0.15) is 22.9 Å². The molecule has 7 N–H and O–H groups in total. The molecular formula is C28H33FN4O8. The second-order valence-electron chi connectivity index (χ2n) is 11.6. The smallest absolute Gasteiger partial charge is 0.255 e. The summed E-state index contributed by atoms with van der Waals surface area (Å²) in [5.74, 6) is -9.58. The Kier molecular flexibility index (Phi) is 6.95. The maximum atomic E-state index is 15.5. The number of hydrogen-bond acceptors (Lipinski definition) is 10. The molecule has 0 unspecified atom stereocenters. The van der Waals surface area contributed by atoms with Crippen LogP contribution in [-0.4, -0.2) is 99.0 Å². The Morgan fingerprint density at radius 3 is 2.49 bits per heavy atom. The van der Waals surface area contributed by atoms with Gasteiger partial charge in [-0.15, -0.1) is 0 Å². The number of aliphatic hydroxyl groups excluding tert-OH is 2. The van der Waals surface area contributed by atoms with E-state index in [-0.39, 0.29) is 24.1 Å². The number of carbonyl (C=O) groups excluding carboxylic acids is 4. The molecule has 0 aromatic heterocycles. The third-order valence-electron chi connectivity index (χ3n) is 9.00. The number of nitrogens with zero attached hydrogens (tertiary/aromatic N) is 2. The van der Waals surface area contributed by atoms with Crippen molar-refractivity contribution in [1.82, 2.24) is 9.80 Å². The molecule has 13 heteroatoms. The number of rotatable bonds is 4. The van der Waals surface area contributed by atoms with Crippen LogP contribution in [0, 0.1) is 17.7 Å². The first-order valence-electron chi connectivity index (χ1n) is 13.4. The number of phenols is 1. The summed E-state index contributed by atoms with van der Waals surface area (Å²) in [5.41, 5.74) is 0.374. The fraction of sp³-hybridized carbons (Fsp3) is 0.500. The lowest BCUT2D eigenvalue weighted by Crippen LogP contribution is -2.65. The van der Waals surface area contributed by atoms with Gasteiger partial charge in [0.2, 0.25) is 11.7 Å². The van der Waals surface area contributed by atoms with E-state index in [0.29, 0.717) is 13.0 Å². The van der Waals surface area contributed by atoms with Gasteiger partial charge in [0, 0.05) is 23.1 Å². The highest BCUT2D eigenvalue weighted by Gasteiger charge is 2.64. The molecule has 1 heterocycles. The van der Waals surface area contributed by atoms with Crippen LogP contribution in [0.3, 0.4) is 0 Å². The van der Waals surface area contributed by atoms with Crippen LogP contribution < -0.4 is 11.1 Å². The Balaban J connectivity index is 1.61. The number of aliphatic hydroxyl groups is 3. The van der Waals surface area contributed by atoms with Crippen molar-refractivity contribution in [2.24, 2.45) is 17.6 Å². The summed E-state index contributed by atoms with van der Waals surface area (Å²) < 4.78 is 15.5. The summed E-state index contributed by atoms with van der Waals surface area (Å²) in [7, 11) is 4.77. The first kappa shape index (κ1) is 28.7. The number of Topliss-reactive ketones (excluding diaryl/α,β-unsaturated/α-hetero) is 2. The molecule has 1 aromatic rings. The SMILES string of the molecule is CN(C)[C@@H]1C(=O)C(C(N)=O)=C(O)[C@@]2(O)C(=O)C3=C(O)c4c(O)c(NC(=O)[C@@H]5CCCCN5C)cc(F)c4C[C@H]3C[C@@H]12. The summed E-state index contributed by atoms with van der Waals surface area (Å²) in [4.78, 5) is 55.3. The molecule has 0 radical (unpaired) electrons. The number of amides is 2. The lowest BCUT2D eigenvalue weighted by Gasteiger charge is -2.50. The van der Waals surface area contributed by atoms with E-state index in [2.05, 4.69) is 5.32 Å². The third kappa shape index (κ3) is 4.13. The maximum Gasteiger partial charge on any atom is 0.255 e. The van der Waals surface area contributed by atoms with Crippen molar-refractivity contribution >= 4 is 34.8 Å². The Morgan fingerprint density at radius 2 is 1.88 bits per heavy atom. The zero-order valence-electron chi connectivity index (χ0n) is 22.9. The minimum atomic E-state index is -2.80. The number of nitrogens with two attached hydrogens (primary N) is 1. The van der Waals surface area contributed by atoms with Crippen LogP contribution in [0.15, 0.2) is 23.0 Å². The number of fused-ring (bicyclic) bond motifs is 3. The Bertz CT molecular complexity index is 1450. The number of nitrogens with one attached hydrogen (secondary N) is 1. The van der Waals surface area contributed by atoms with Gasteiger partial charge in [-0.05, 0) is 59.3 Å². The van der Waals surface area contributed by atoms with E-state index < -0.39 is 92.7 Å². The second kappa shape index (κ2) is 9.93. The number of likely N-dealkylation sites (tertiary alicyclic amines) is 1. The number of halogens is 1. The average Bonchev–Trinajstić information content (AvgIpc) is 2.89. The Morgan fingerprint density at radius 1 is 1.20 bits per heavy atom. The number of carbonyl (C=O) groups is 4. The van der Waals surface area contributed by atoms with E-state index in [4.69, 9.17) is 5.73 Å². The van der Waals surface area contributed by atoms with Gasteiger partial charge in [0.25, 0.3) is 5.91 Å². The number of primary amides is 1. The van der Waals surface area contributed by atoms with Crippen molar-refractivity contribution in [3.63, 3.8) is 0 Å². The molecule has 1 aromatic carbocycles. The monoisotopic (exact) mass is 572 g/mol. The van der Waals surface area contributed by atoms with Gasteiger partial charge in [-0.2, -0.15) is 0 Å². The fourth-order valence-corrected chi connectivity index (χ4v) is 6.98. The molecule has 5 atom stereocenters. The number of phenolic OH excluding ortho intramolecular Hbond substituents is 1. The van der Waals surface area contributed by atoms with Crippen molar-refractivity contribution in [2.45, 2.75) is 49.8 Å². The summed E-state index contributed by atoms with van der Waals surface area (Å²) in [6.07, 6.45) is 1.98. The van der Waals surface area contributed by atoms with Crippen LogP contribution in [0.25, 0.3) is 5.76 Å². The summed E-state index contributed by atoms with van der Waals surface area (Å²) in [6, 6.07) is -0.784. The van der Waals surface area contributed by atoms with Crippen molar-refractivity contribution in [3.8, 4) is 5.75 Å². The largest absolute Gasteiger partial charge is 0.508 e. The van der Waals surface area contributed by atoms with Crippen LogP contribution >= 0.6 is 0 Å². The molecule has 4 aliphatic rings. The first-order valence-corrected chi connectivity index (χ1v) is 13.4.